The highest BCUT2D eigenvalue weighted by molar-refractivity contribution is 5.14. The molecule has 106 valence electrons. The molecule has 2 atom stereocenters. The lowest BCUT2D eigenvalue weighted by atomic mass is 9.54. The van der Waals surface area contributed by atoms with Crippen LogP contribution in [-0.4, -0.2) is 31.3 Å². The van der Waals surface area contributed by atoms with Crippen LogP contribution in [-0.2, 0) is 4.74 Å². The standard InChI is InChI=1S/C15H30N2O/c1-5-14(7-8-14)10-17-11-15(16)9-12(18-6-2)13(15,3)4/h12,17H,5-11,16H2,1-4H3. The molecular formula is C15H30N2O. The van der Waals surface area contributed by atoms with Crippen LogP contribution in [0.1, 0.15) is 53.4 Å². The van der Waals surface area contributed by atoms with Crippen molar-refractivity contribution >= 4 is 0 Å². The molecule has 0 spiro atoms. The summed E-state index contributed by atoms with van der Waals surface area (Å²) in [7, 11) is 0. The third-order valence-corrected chi connectivity index (χ3v) is 5.65. The van der Waals surface area contributed by atoms with E-state index in [2.05, 4.69) is 33.0 Å². The topological polar surface area (TPSA) is 47.3 Å². The lowest BCUT2D eigenvalue weighted by molar-refractivity contribution is -0.148. The average Bonchev–Trinajstić information content (AvgIpc) is 3.09. The summed E-state index contributed by atoms with van der Waals surface area (Å²) in [6.45, 7) is 11.7. The van der Waals surface area contributed by atoms with E-state index in [0.29, 0.717) is 11.5 Å². The molecule has 0 aromatic heterocycles. The maximum absolute atomic E-state index is 6.55. The van der Waals surface area contributed by atoms with Crippen molar-refractivity contribution < 1.29 is 4.74 Å². The predicted molar refractivity (Wildman–Crippen MR) is 75.6 cm³/mol. The first kappa shape index (κ1) is 14.3. The van der Waals surface area contributed by atoms with Crippen molar-refractivity contribution in [2.45, 2.75) is 65.0 Å². The van der Waals surface area contributed by atoms with Gasteiger partial charge in [-0.2, -0.15) is 0 Å². The molecule has 2 saturated carbocycles. The maximum atomic E-state index is 6.55. The molecule has 2 fully saturated rings. The molecule has 3 nitrogen and oxygen atoms in total. The molecule has 0 heterocycles. The minimum Gasteiger partial charge on any atom is -0.378 e. The van der Waals surface area contributed by atoms with Crippen LogP contribution < -0.4 is 11.1 Å². The molecule has 2 aliphatic rings. The van der Waals surface area contributed by atoms with Crippen molar-refractivity contribution in [3.05, 3.63) is 0 Å². The Morgan fingerprint density at radius 2 is 1.89 bits per heavy atom. The monoisotopic (exact) mass is 254 g/mol. The Labute approximate surface area is 112 Å². The van der Waals surface area contributed by atoms with E-state index in [1.807, 2.05) is 0 Å². The zero-order valence-electron chi connectivity index (χ0n) is 12.5. The molecule has 0 aromatic carbocycles. The fourth-order valence-corrected chi connectivity index (χ4v) is 3.19. The van der Waals surface area contributed by atoms with E-state index < -0.39 is 0 Å². The molecule has 0 radical (unpaired) electrons. The van der Waals surface area contributed by atoms with E-state index in [9.17, 15) is 0 Å². The fraction of sp³-hybridized carbons (Fsp3) is 1.00. The minimum atomic E-state index is -0.101. The van der Waals surface area contributed by atoms with Gasteiger partial charge in [-0.05, 0) is 38.0 Å². The number of hydrogen-bond acceptors (Lipinski definition) is 3. The van der Waals surface area contributed by atoms with Crippen LogP contribution in [0.15, 0.2) is 0 Å². The van der Waals surface area contributed by atoms with E-state index in [-0.39, 0.29) is 11.0 Å². The molecule has 0 amide bonds. The summed E-state index contributed by atoms with van der Waals surface area (Å²) in [4.78, 5) is 0. The summed E-state index contributed by atoms with van der Waals surface area (Å²) in [5.74, 6) is 0. The second-order valence-corrected chi connectivity index (χ2v) is 6.98. The van der Waals surface area contributed by atoms with Crippen molar-refractivity contribution in [2.75, 3.05) is 19.7 Å². The third kappa shape index (κ3) is 2.33. The third-order valence-electron chi connectivity index (χ3n) is 5.65. The number of nitrogens with two attached hydrogens (primary N) is 1. The Kier molecular flexibility index (Phi) is 3.79. The molecule has 0 aromatic rings. The Balaban J connectivity index is 1.79. The SMILES string of the molecule is CCOC1CC(N)(CNCC2(CC)CC2)C1(C)C. The van der Waals surface area contributed by atoms with Gasteiger partial charge in [0.05, 0.1) is 6.10 Å². The van der Waals surface area contributed by atoms with E-state index in [1.165, 1.54) is 19.3 Å². The first-order valence-electron chi connectivity index (χ1n) is 7.50. The Bertz CT molecular complexity index is 299. The van der Waals surface area contributed by atoms with Gasteiger partial charge in [-0.25, -0.2) is 0 Å². The van der Waals surface area contributed by atoms with Gasteiger partial charge in [0, 0.05) is 30.7 Å². The summed E-state index contributed by atoms with van der Waals surface area (Å²) in [6, 6.07) is 0. The molecule has 18 heavy (non-hydrogen) atoms. The maximum Gasteiger partial charge on any atom is 0.0662 e. The van der Waals surface area contributed by atoms with E-state index in [4.69, 9.17) is 10.5 Å². The van der Waals surface area contributed by atoms with Crippen molar-refractivity contribution in [3.63, 3.8) is 0 Å². The summed E-state index contributed by atoms with van der Waals surface area (Å²) in [5.41, 5.74) is 7.13. The summed E-state index contributed by atoms with van der Waals surface area (Å²) in [6.07, 6.45) is 5.39. The van der Waals surface area contributed by atoms with Crippen LogP contribution in [0.2, 0.25) is 0 Å². The molecular weight excluding hydrogens is 224 g/mol. The van der Waals surface area contributed by atoms with Gasteiger partial charge in [0.15, 0.2) is 0 Å². The molecule has 2 unspecified atom stereocenters. The van der Waals surface area contributed by atoms with E-state index in [1.54, 1.807) is 0 Å². The number of hydrogen-bond donors (Lipinski definition) is 2. The van der Waals surface area contributed by atoms with Crippen molar-refractivity contribution in [1.29, 1.82) is 0 Å². The van der Waals surface area contributed by atoms with Crippen LogP contribution >= 0.6 is 0 Å². The zero-order valence-corrected chi connectivity index (χ0v) is 12.5. The fourth-order valence-electron chi connectivity index (χ4n) is 3.19. The average molecular weight is 254 g/mol. The molecule has 3 heteroatoms. The highest BCUT2D eigenvalue weighted by atomic mass is 16.5. The van der Waals surface area contributed by atoms with Crippen molar-refractivity contribution in [3.8, 4) is 0 Å². The van der Waals surface area contributed by atoms with Crippen molar-refractivity contribution in [2.24, 2.45) is 16.6 Å². The van der Waals surface area contributed by atoms with Crippen LogP contribution in [0.5, 0.6) is 0 Å². The molecule has 0 aliphatic heterocycles. The van der Waals surface area contributed by atoms with Crippen LogP contribution in [0.4, 0.5) is 0 Å². The Morgan fingerprint density at radius 3 is 2.33 bits per heavy atom. The molecule has 2 aliphatic carbocycles. The number of ether oxygens (including phenoxy) is 1. The summed E-state index contributed by atoms with van der Waals surface area (Å²) < 4.78 is 5.76. The van der Waals surface area contributed by atoms with Gasteiger partial charge >= 0.3 is 0 Å². The van der Waals surface area contributed by atoms with Gasteiger partial charge in [0.25, 0.3) is 0 Å². The van der Waals surface area contributed by atoms with E-state index >= 15 is 0 Å². The highest BCUT2D eigenvalue weighted by Crippen LogP contribution is 2.50. The number of nitrogens with one attached hydrogen (secondary N) is 1. The summed E-state index contributed by atoms with van der Waals surface area (Å²) in [5, 5.41) is 3.62. The molecule has 0 saturated heterocycles. The largest absolute Gasteiger partial charge is 0.378 e. The first-order chi connectivity index (χ1) is 8.39. The van der Waals surface area contributed by atoms with Crippen LogP contribution in [0.25, 0.3) is 0 Å². The Hall–Kier alpha value is -0.120. The molecule has 2 rings (SSSR count). The van der Waals surface area contributed by atoms with Gasteiger partial charge in [-0.3, -0.25) is 0 Å². The van der Waals surface area contributed by atoms with Gasteiger partial charge in [-0.1, -0.05) is 20.8 Å². The lowest BCUT2D eigenvalue weighted by Crippen LogP contribution is -2.73. The normalized spacial score (nSPS) is 36.2. The van der Waals surface area contributed by atoms with Gasteiger partial charge in [0.1, 0.15) is 0 Å². The second kappa shape index (κ2) is 4.77. The van der Waals surface area contributed by atoms with Gasteiger partial charge in [0.2, 0.25) is 0 Å². The number of rotatable bonds is 7. The van der Waals surface area contributed by atoms with Crippen LogP contribution in [0, 0.1) is 10.8 Å². The van der Waals surface area contributed by atoms with Gasteiger partial charge in [-0.15, -0.1) is 0 Å². The molecule has 3 N–H and O–H groups in total. The van der Waals surface area contributed by atoms with Crippen LogP contribution in [0.3, 0.4) is 0 Å². The predicted octanol–water partition coefficient (Wildman–Crippen LogP) is 2.30. The van der Waals surface area contributed by atoms with E-state index in [0.717, 1.165) is 26.1 Å². The minimum absolute atomic E-state index is 0.0823. The smallest absolute Gasteiger partial charge is 0.0662 e. The first-order valence-corrected chi connectivity index (χ1v) is 7.50. The summed E-state index contributed by atoms with van der Waals surface area (Å²) >= 11 is 0. The highest BCUT2D eigenvalue weighted by Gasteiger charge is 2.58. The second-order valence-electron chi connectivity index (χ2n) is 6.98. The lowest BCUT2D eigenvalue weighted by Gasteiger charge is -2.59. The quantitative estimate of drug-likeness (QED) is 0.733. The van der Waals surface area contributed by atoms with Crippen molar-refractivity contribution in [1.82, 2.24) is 5.32 Å². The zero-order chi connectivity index (χ0) is 13.4. The Morgan fingerprint density at radius 1 is 1.22 bits per heavy atom. The molecule has 0 bridgehead atoms. The van der Waals surface area contributed by atoms with Gasteiger partial charge < -0.3 is 15.8 Å².